The van der Waals surface area contributed by atoms with Gasteiger partial charge >= 0.3 is 0 Å². The highest BCUT2D eigenvalue weighted by Crippen LogP contribution is 2.24. The molecule has 0 spiro atoms. The topological polar surface area (TPSA) is 67.2 Å². The van der Waals surface area contributed by atoms with Crippen LogP contribution in [0.1, 0.15) is 16.1 Å². The molecule has 0 atom stereocenters. The number of benzene rings is 1. The summed E-state index contributed by atoms with van der Waals surface area (Å²) in [7, 11) is 1.75. The Labute approximate surface area is 113 Å². The number of phenolic OH excluding ortho intramolecular Hbond substituents is 1. The van der Waals surface area contributed by atoms with Gasteiger partial charge in [0.05, 0.1) is 10.2 Å². The molecule has 0 saturated carbocycles. The molecule has 1 amide bonds. The number of hydrogen-bond acceptors (Lipinski definition) is 3. The summed E-state index contributed by atoms with van der Waals surface area (Å²) >= 11 is 3.16. The molecular weight excluding hydrogens is 298 g/mol. The maximum Gasteiger partial charge on any atom is 0.256 e. The molecule has 1 heterocycles. The van der Waals surface area contributed by atoms with Gasteiger partial charge in [-0.2, -0.15) is 5.10 Å². The average Bonchev–Trinajstić information content (AvgIpc) is 2.61. The molecule has 1 aromatic heterocycles. The second-order valence-corrected chi connectivity index (χ2v) is 4.77. The number of nitrogens with one attached hydrogen (secondary N) is 1. The summed E-state index contributed by atoms with van der Waals surface area (Å²) in [5, 5.41) is 16.4. The Morgan fingerprint density at radius 2 is 2.17 bits per heavy atom. The number of anilines is 1. The van der Waals surface area contributed by atoms with Crippen LogP contribution in [0.2, 0.25) is 0 Å². The third kappa shape index (κ3) is 2.53. The Balaban J connectivity index is 2.22. The quantitative estimate of drug-likeness (QED) is 0.895. The van der Waals surface area contributed by atoms with Crippen LogP contribution in [0.5, 0.6) is 5.75 Å². The maximum atomic E-state index is 12.0. The Hall–Kier alpha value is -1.82. The zero-order valence-electron chi connectivity index (χ0n) is 9.94. The highest BCUT2D eigenvalue weighted by Gasteiger charge is 2.11. The van der Waals surface area contributed by atoms with E-state index < -0.39 is 0 Å². The van der Waals surface area contributed by atoms with Gasteiger partial charge in [0.15, 0.2) is 0 Å². The molecule has 2 rings (SSSR count). The lowest BCUT2D eigenvalue weighted by Crippen LogP contribution is -2.14. The number of carbonyl (C=O) groups is 1. The lowest BCUT2D eigenvalue weighted by molar-refractivity contribution is 0.102. The second-order valence-electron chi connectivity index (χ2n) is 3.91. The van der Waals surface area contributed by atoms with E-state index in [0.717, 1.165) is 5.69 Å². The number of nitrogens with zero attached hydrogens (tertiary/aromatic N) is 2. The van der Waals surface area contributed by atoms with Crippen molar-refractivity contribution in [2.24, 2.45) is 7.05 Å². The molecule has 0 unspecified atom stereocenters. The van der Waals surface area contributed by atoms with E-state index in [9.17, 15) is 9.90 Å². The van der Waals surface area contributed by atoms with E-state index in [1.54, 1.807) is 29.9 Å². The minimum atomic E-state index is -0.291. The van der Waals surface area contributed by atoms with E-state index in [4.69, 9.17) is 0 Å². The Morgan fingerprint density at radius 1 is 1.44 bits per heavy atom. The Morgan fingerprint density at radius 3 is 2.72 bits per heavy atom. The number of aryl methyl sites for hydroxylation is 2. The van der Waals surface area contributed by atoms with E-state index in [-0.39, 0.29) is 11.7 Å². The first kappa shape index (κ1) is 12.6. The zero-order valence-corrected chi connectivity index (χ0v) is 11.5. The molecule has 94 valence electrons. The molecule has 0 fully saturated rings. The molecule has 6 heteroatoms. The highest BCUT2D eigenvalue weighted by molar-refractivity contribution is 9.10. The van der Waals surface area contributed by atoms with Gasteiger partial charge in [-0.3, -0.25) is 9.48 Å². The smallest absolute Gasteiger partial charge is 0.256 e. The van der Waals surface area contributed by atoms with Gasteiger partial charge in [-0.05, 0) is 41.1 Å². The Kier molecular flexibility index (Phi) is 3.38. The first-order valence-electron chi connectivity index (χ1n) is 5.28. The summed E-state index contributed by atoms with van der Waals surface area (Å²) in [5.74, 6) is 0.351. The fourth-order valence-corrected chi connectivity index (χ4v) is 1.82. The molecule has 0 aliphatic heterocycles. The van der Waals surface area contributed by atoms with Gasteiger partial charge in [-0.25, -0.2) is 0 Å². The highest BCUT2D eigenvalue weighted by atomic mass is 79.9. The van der Waals surface area contributed by atoms with Crippen molar-refractivity contribution in [2.45, 2.75) is 6.92 Å². The van der Waals surface area contributed by atoms with Crippen LogP contribution in [0.3, 0.4) is 0 Å². The maximum absolute atomic E-state index is 12.0. The molecule has 1 aromatic carbocycles. The van der Waals surface area contributed by atoms with E-state index >= 15 is 0 Å². The molecule has 0 saturated heterocycles. The van der Waals surface area contributed by atoms with Crippen molar-refractivity contribution in [1.29, 1.82) is 0 Å². The van der Waals surface area contributed by atoms with Crippen molar-refractivity contribution >= 4 is 27.7 Å². The summed E-state index contributed by atoms with van der Waals surface area (Å²) in [6, 6.07) is 6.43. The van der Waals surface area contributed by atoms with Crippen molar-refractivity contribution in [3.05, 3.63) is 40.0 Å². The van der Waals surface area contributed by atoms with E-state index in [2.05, 4.69) is 26.3 Å². The van der Waals surface area contributed by atoms with Gasteiger partial charge in [0, 0.05) is 18.7 Å². The van der Waals surface area contributed by atoms with E-state index in [1.165, 1.54) is 6.07 Å². The van der Waals surface area contributed by atoms with Crippen molar-refractivity contribution in [1.82, 2.24) is 9.78 Å². The predicted octanol–water partition coefficient (Wildman–Crippen LogP) is 2.45. The second kappa shape index (κ2) is 4.81. The van der Waals surface area contributed by atoms with Gasteiger partial charge in [0.25, 0.3) is 5.91 Å². The van der Waals surface area contributed by atoms with Crippen molar-refractivity contribution in [3.8, 4) is 5.75 Å². The summed E-state index contributed by atoms with van der Waals surface area (Å²) in [6.45, 7) is 1.85. The van der Waals surface area contributed by atoms with Crippen molar-refractivity contribution < 1.29 is 9.90 Å². The third-order valence-electron chi connectivity index (χ3n) is 2.45. The molecule has 18 heavy (non-hydrogen) atoms. The van der Waals surface area contributed by atoms with Gasteiger partial charge in [-0.1, -0.05) is 0 Å². The average molecular weight is 310 g/mol. The molecule has 0 radical (unpaired) electrons. The first-order valence-corrected chi connectivity index (χ1v) is 6.07. The first-order chi connectivity index (χ1) is 8.47. The molecule has 0 aliphatic rings. The fourth-order valence-electron chi connectivity index (χ4n) is 1.57. The summed E-state index contributed by atoms with van der Waals surface area (Å²) in [4.78, 5) is 12.0. The van der Waals surface area contributed by atoms with Gasteiger partial charge < -0.3 is 10.4 Å². The number of amides is 1. The van der Waals surface area contributed by atoms with E-state index in [0.29, 0.717) is 15.9 Å². The summed E-state index contributed by atoms with van der Waals surface area (Å²) in [5.41, 5.74) is 1.21. The Bertz CT molecular complexity index is 607. The van der Waals surface area contributed by atoms with Crippen LogP contribution in [0.25, 0.3) is 0 Å². The van der Waals surface area contributed by atoms with Crippen LogP contribution in [0.15, 0.2) is 28.7 Å². The fraction of sp³-hybridized carbons (Fsp3) is 0.167. The number of aromatic nitrogens is 2. The van der Waals surface area contributed by atoms with Crippen LogP contribution in [-0.2, 0) is 7.05 Å². The number of carbonyl (C=O) groups excluding carboxylic acids is 1. The lowest BCUT2D eigenvalue weighted by Gasteiger charge is -2.06. The van der Waals surface area contributed by atoms with Gasteiger partial charge in [0.2, 0.25) is 0 Å². The predicted molar refractivity (Wildman–Crippen MR) is 71.7 cm³/mol. The van der Waals surface area contributed by atoms with Crippen molar-refractivity contribution in [3.63, 3.8) is 0 Å². The monoisotopic (exact) mass is 309 g/mol. The van der Waals surface area contributed by atoms with Gasteiger partial charge in [0.1, 0.15) is 11.6 Å². The molecule has 2 aromatic rings. The van der Waals surface area contributed by atoms with Crippen LogP contribution < -0.4 is 5.32 Å². The van der Waals surface area contributed by atoms with Crippen LogP contribution in [0.4, 0.5) is 5.82 Å². The third-order valence-corrected chi connectivity index (χ3v) is 3.12. The zero-order chi connectivity index (χ0) is 13.3. The molecule has 2 N–H and O–H groups in total. The molecule has 0 aliphatic carbocycles. The number of hydrogen-bond donors (Lipinski definition) is 2. The van der Waals surface area contributed by atoms with Gasteiger partial charge in [-0.15, -0.1) is 0 Å². The number of rotatable bonds is 2. The summed E-state index contributed by atoms with van der Waals surface area (Å²) < 4.78 is 2.14. The summed E-state index contributed by atoms with van der Waals surface area (Å²) in [6.07, 6.45) is 0. The SMILES string of the molecule is Cc1cc(NC(=O)c2ccc(Br)c(O)c2)n(C)n1. The normalized spacial score (nSPS) is 10.4. The van der Waals surface area contributed by atoms with E-state index in [1.807, 2.05) is 6.92 Å². The molecular formula is C12H12BrN3O2. The molecule has 5 nitrogen and oxygen atoms in total. The van der Waals surface area contributed by atoms with Crippen LogP contribution in [0, 0.1) is 6.92 Å². The number of halogens is 1. The van der Waals surface area contributed by atoms with Crippen LogP contribution in [-0.4, -0.2) is 20.8 Å². The number of aromatic hydroxyl groups is 1. The minimum absolute atomic E-state index is 0.0313. The molecule has 0 bridgehead atoms. The largest absolute Gasteiger partial charge is 0.507 e. The van der Waals surface area contributed by atoms with Crippen LogP contribution >= 0.6 is 15.9 Å². The standard InChI is InChI=1S/C12H12BrN3O2/c1-7-5-11(16(2)15-7)14-12(18)8-3-4-9(13)10(17)6-8/h3-6,17H,1-2H3,(H,14,18). The number of phenols is 1. The van der Waals surface area contributed by atoms with Crippen molar-refractivity contribution in [2.75, 3.05) is 5.32 Å². The lowest BCUT2D eigenvalue weighted by atomic mass is 10.2. The minimum Gasteiger partial charge on any atom is -0.507 e.